The van der Waals surface area contributed by atoms with Crippen molar-refractivity contribution in [2.45, 2.75) is 43.8 Å². The first-order valence-electron chi connectivity index (χ1n) is 3.43. The van der Waals surface area contributed by atoms with Gasteiger partial charge >= 0.3 is 64.2 Å². The molecule has 0 radical (unpaired) electrons. The maximum absolute atomic E-state index is 2.35. The second kappa shape index (κ2) is 3.69. The summed E-state index contributed by atoms with van der Waals surface area (Å²) in [5.74, 6) is 0. The van der Waals surface area contributed by atoms with Gasteiger partial charge in [0.15, 0.2) is 0 Å². The first-order chi connectivity index (χ1) is 3.68. The van der Waals surface area contributed by atoms with Crippen LogP contribution in [-0.4, -0.2) is 0 Å². The third kappa shape index (κ3) is 2.32. The van der Waals surface area contributed by atoms with Crippen molar-refractivity contribution >= 4 is 0 Å². The van der Waals surface area contributed by atoms with Gasteiger partial charge in [0.2, 0.25) is 0 Å². The van der Waals surface area contributed by atoms with E-state index in [9.17, 15) is 0 Å². The fourth-order valence-electron chi connectivity index (χ4n) is 0.750. The van der Waals surface area contributed by atoms with Crippen LogP contribution in [0.2, 0.25) is 3.72 Å². The minimum atomic E-state index is 0.625. The molecule has 0 aromatic heterocycles. The van der Waals surface area contributed by atoms with Gasteiger partial charge in [0.05, 0.1) is 0 Å². The number of hydrogen-bond acceptors (Lipinski definition) is 0. The first kappa shape index (κ1) is 8.71. The van der Waals surface area contributed by atoms with E-state index in [0.29, 0.717) is 3.72 Å². The van der Waals surface area contributed by atoms with Crippen molar-refractivity contribution in [2.75, 3.05) is 0 Å². The number of rotatable bonds is 3. The Labute approximate surface area is 64.5 Å². The van der Waals surface area contributed by atoms with E-state index < -0.39 is 0 Å². The summed E-state index contributed by atoms with van der Waals surface area (Å²) in [6.45, 7) is 6.81. The Morgan fingerprint density at radius 2 is 1.25 bits per heavy atom. The van der Waals surface area contributed by atoms with Gasteiger partial charge in [-0.05, 0) is 0 Å². The Balaban J connectivity index is 3.58. The summed E-state index contributed by atoms with van der Waals surface area (Å²) in [4.78, 5) is 0. The zero-order valence-corrected chi connectivity index (χ0v) is 7.68. The fourth-order valence-corrected chi connectivity index (χ4v) is 0.750. The van der Waals surface area contributed by atoms with Gasteiger partial charge in [0, 0.05) is 0 Å². The Kier molecular flexibility index (Phi) is 4.01. The van der Waals surface area contributed by atoms with E-state index in [1.165, 1.54) is 19.3 Å². The molecule has 8 heavy (non-hydrogen) atoms. The molecule has 0 N–H and O–H groups in total. The average Bonchev–Trinajstić information content (AvgIpc) is 1.87. The molecule has 0 unspecified atom stereocenters. The van der Waals surface area contributed by atoms with E-state index >= 15 is 0 Å². The second-order valence-electron chi connectivity index (χ2n) is 2.34. The quantitative estimate of drug-likeness (QED) is 0.538. The van der Waals surface area contributed by atoms with Crippen LogP contribution >= 0.6 is 0 Å². The van der Waals surface area contributed by atoms with E-state index in [2.05, 4.69) is 41.2 Å². The molecular weight excluding hydrogens is 132 g/mol. The van der Waals surface area contributed by atoms with Crippen LogP contribution in [0.4, 0.5) is 0 Å². The zero-order chi connectivity index (χ0) is 6.62. The van der Waals surface area contributed by atoms with E-state index in [1.807, 2.05) is 0 Å². The van der Waals surface area contributed by atoms with E-state index in [0.717, 1.165) is 0 Å². The van der Waals surface area contributed by atoms with Gasteiger partial charge in [-0.1, -0.05) is 0 Å². The molecule has 0 nitrogen and oxygen atoms in total. The predicted octanol–water partition coefficient (Wildman–Crippen LogP) is 2.92. The molecule has 0 rings (SSSR count). The molecule has 0 saturated heterocycles. The Morgan fingerprint density at radius 1 is 1.00 bits per heavy atom. The van der Waals surface area contributed by atoms with E-state index in [-0.39, 0.29) is 0 Å². The summed E-state index contributed by atoms with van der Waals surface area (Å²) in [5, 5.41) is 0. The standard InChI is InChI=1S/C7H15.Ti/c1-4-7(5-2)6-3;/h4-6H2,1-3H3;. The van der Waals surface area contributed by atoms with Crippen molar-refractivity contribution in [1.82, 2.24) is 0 Å². The summed E-state index contributed by atoms with van der Waals surface area (Å²) in [7, 11) is 0. The molecule has 0 aromatic rings. The molecule has 0 atom stereocenters. The second-order valence-corrected chi connectivity index (χ2v) is 4.00. The van der Waals surface area contributed by atoms with Gasteiger partial charge in [-0.2, -0.15) is 0 Å². The van der Waals surface area contributed by atoms with Crippen LogP contribution in [0.25, 0.3) is 0 Å². The molecule has 0 aliphatic rings. The van der Waals surface area contributed by atoms with Gasteiger partial charge in [0.1, 0.15) is 0 Å². The molecule has 0 saturated carbocycles. The van der Waals surface area contributed by atoms with Crippen LogP contribution < -0.4 is 0 Å². The van der Waals surface area contributed by atoms with Crippen LogP contribution in [0.15, 0.2) is 0 Å². The molecular formula is C7H15Ti. The van der Waals surface area contributed by atoms with Crippen molar-refractivity contribution in [3.8, 4) is 0 Å². The summed E-state index contributed by atoms with van der Waals surface area (Å²) in [6, 6.07) is 0. The van der Waals surface area contributed by atoms with Crippen molar-refractivity contribution in [3.05, 3.63) is 0 Å². The van der Waals surface area contributed by atoms with Gasteiger partial charge in [-0.15, -0.1) is 0 Å². The monoisotopic (exact) mass is 147 g/mol. The fraction of sp³-hybridized carbons (Fsp3) is 1.00. The SMILES string of the molecule is CC[C]([Ti])(CC)CC. The molecule has 0 amide bonds. The summed E-state index contributed by atoms with van der Waals surface area (Å²) in [5.41, 5.74) is 0. The molecule has 0 fully saturated rings. The number of hydrogen-bond donors (Lipinski definition) is 0. The third-order valence-corrected chi connectivity index (χ3v) is 3.69. The normalized spacial score (nSPS) is 11.8. The van der Waals surface area contributed by atoms with Gasteiger partial charge < -0.3 is 0 Å². The minimum absolute atomic E-state index is 0.625. The third-order valence-electron chi connectivity index (χ3n) is 2.03. The summed E-state index contributed by atoms with van der Waals surface area (Å²) >= 11 is 2.35. The Hall–Kier alpha value is 0.714. The van der Waals surface area contributed by atoms with Gasteiger partial charge in [0.25, 0.3) is 0 Å². The molecule has 0 aliphatic heterocycles. The first-order valence-corrected chi connectivity index (χ1v) is 4.21. The predicted molar refractivity (Wildman–Crippen MR) is 33.6 cm³/mol. The van der Waals surface area contributed by atoms with Crippen molar-refractivity contribution in [2.24, 2.45) is 0 Å². The van der Waals surface area contributed by atoms with Crippen molar-refractivity contribution in [1.29, 1.82) is 0 Å². The maximum atomic E-state index is 2.35. The summed E-state index contributed by atoms with van der Waals surface area (Å²) in [6.07, 6.45) is 3.96. The van der Waals surface area contributed by atoms with Gasteiger partial charge in [-0.25, -0.2) is 0 Å². The molecule has 0 bridgehead atoms. The van der Waals surface area contributed by atoms with E-state index in [4.69, 9.17) is 0 Å². The van der Waals surface area contributed by atoms with Crippen LogP contribution in [0, 0.1) is 0 Å². The molecule has 0 aliphatic carbocycles. The topological polar surface area (TPSA) is 0 Å². The molecule has 0 aromatic carbocycles. The van der Waals surface area contributed by atoms with Crippen molar-refractivity contribution < 1.29 is 20.4 Å². The Morgan fingerprint density at radius 3 is 1.25 bits per heavy atom. The summed E-state index contributed by atoms with van der Waals surface area (Å²) < 4.78 is 0.625. The molecule has 47 valence electrons. The molecule has 1 heteroatoms. The van der Waals surface area contributed by atoms with E-state index in [1.54, 1.807) is 0 Å². The molecule has 0 spiro atoms. The van der Waals surface area contributed by atoms with Crippen LogP contribution in [0.1, 0.15) is 40.0 Å². The zero-order valence-electron chi connectivity index (χ0n) is 6.12. The van der Waals surface area contributed by atoms with Gasteiger partial charge in [-0.3, -0.25) is 0 Å². The average molecular weight is 147 g/mol. The van der Waals surface area contributed by atoms with Crippen LogP contribution in [-0.2, 0) is 20.4 Å². The van der Waals surface area contributed by atoms with Crippen LogP contribution in [0.3, 0.4) is 0 Å². The molecule has 0 heterocycles. The Bertz CT molecular complexity index is 47.1. The van der Waals surface area contributed by atoms with Crippen LogP contribution in [0.5, 0.6) is 0 Å². The van der Waals surface area contributed by atoms with Crippen molar-refractivity contribution in [3.63, 3.8) is 0 Å².